The van der Waals surface area contributed by atoms with Gasteiger partial charge >= 0.3 is 0 Å². The van der Waals surface area contributed by atoms with E-state index in [0.717, 1.165) is 11.1 Å². The SMILES string of the molecule is COCCOCCCNC(=O)c1cn(-c2ccc(F)cc2)nc1-c1ccc(C)cc1. The molecule has 0 aliphatic carbocycles. The summed E-state index contributed by atoms with van der Waals surface area (Å²) in [5, 5.41) is 7.53. The van der Waals surface area contributed by atoms with Crippen molar-refractivity contribution in [1.82, 2.24) is 15.1 Å². The van der Waals surface area contributed by atoms with Crippen LogP contribution in [0.1, 0.15) is 22.3 Å². The summed E-state index contributed by atoms with van der Waals surface area (Å²) in [7, 11) is 1.63. The predicted octanol–water partition coefficient (Wildman–Crippen LogP) is 3.77. The Morgan fingerprint density at radius 1 is 1.07 bits per heavy atom. The number of ether oxygens (including phenoxy) is 2. The lowest BCUT2D eigenvalue weighted by Gasteiger charge is -2.06. The molecule has 1 N–H and O–H groups in total. The molecule has 1 amide bonds. The average molecular weight is 411 g/mol. The molecule has 1 heterocycles. The van der Waals surface area contributed by atoms with Gasteiger partial charge in [-0.3, -0.25) is 4.79 Å². The number of hydrogen-bond donors (Lipinski definition) is 1. The lowest BCUT2D eigenvalue weighted by molar-refractivity contribution is 0.0688. The van der Waals surface area contributed by atoms with E-state index < -0.39 is 0 Å². The first-order valence-corrected chi connectivity index (χ1v) is 9.86. The molecule has 6 nitrogen and oxygen atoms in total. The molecule has 7 heteroatoms. The van der Waals surface area contributed by atoms with Crippen molar-refractivity contribution < 1.29 is 18.7 Å². The monoisotopic (exact) mass is 411 g/mol. The summed E-state index contributed by atoms with van der Waals surface area (Å²) in [5.41, 5.74) is 3.68. The van der Waals surface area contributed by atoms with Gasteiger partial charge in [-0.05, 0) is 37.6 Å². The quantitative estimate of drug-likeness (QED) is 0.516. The molecule has 0 aliphatic rings. The normalized spacial score (nSPS) is 10.9. The molecule has 3 rings (SSSR count). The summed E-state index contributed by atoms with van der Waals surface area (Å²) < 4.78 is 25.2. The zero-order valence-electron chi connectivity index (χ0n) is 17.2. The van der Waals surface area contributed by atoms with E-state index in [4.69, 9.17) is 9.47 Å². The molecule has 1 aromatic heterocycles. The van der Waals surface area contributed by atoms with Gasteiger partial charge in [0.25, 0.3) is 5.91 Å². The van der Waals surface area contributed by atoms with Crippen LogP contribution in [-0.2, 0) is 9.47 Å². The van der Waals surface area contributed by atoms with Crippen LogP contribution in [0.4, 0.5) is 4.39 Å². The summed E-state index contributed by atoms with van der Waals surface area (Å²) in [6.07, 6.45) is 2.37. The van der Waals surface area contributed by atoms with Crippen LogP contribution in [0.2, 0.25) is 0 Å². The lowest BCUT2D eigenvalue weighted by atomic mass is 10.1. The number of nitrogens with one attached hydrogen (secondary N) is 1. The summed E-state index contributed by atoms with van der Waals surface area (Å²) in [6, 6.07) is 13.8. The third-order valence-corrected chi connectivity index (χ3v) is 4.56. The lowest BCUT2D eigenvalue weighted by Crippen LogP contribution is -2.25. The summed E-state index contributed by atoms with van der Waals surface area (Å²) in [4.78, 5) is 12.9. The third-order valence-electron chi connectivity index (χ3n) is 4.56. The fraction of sp³-hybridized carbons (Fsp3) is 0.304. The van der Waals surface area contributed by atoms with E-state index in [9.17, 15) is 9.18 Å². The zero-order chi connectivity index (χ0) is 21.3. The number of benzene rings is 2. The van der Waals surface area contributed by atoms with Gasteiger partial charge in [-0.1, -0.05) is 29.8 Å². The first-order chi connectivity index (χ1) is 14.6. The van der Waals surface area contributed by atoms with Crippen LogP contribution in [0.3, 0.4) is 0 Å². The number of halogens is 1. The largest absolute Gasteiger partial charge is 0.382 e. The first-order valence-electron chi connectivity index (χ1n) is 9.86. The summed E-state index contributed by atoms with van der Waals surface area (Å²) >= 11 is 0. The molecule has 0 bridgehead atoms. The van der Waals surface area contributed by atoms with Gasteiger partial charge < -0.3 is 14.8 Å². The van der Waals surface area contributed by atoms with Gasteiger partial charge in [0.2, 0.25) is 0 Å². The number of aromatic nitrogens is 2. The number of amides is 1. The van der Waals surface area contributed by atoms with Crippen LogP contribution in [0, 0.1) is 12.7 Å². The van der Waals surface area contributed by atoms with Gasteiger partial charge in [0.15, 0.2) is 0 Å². The second-order valence-corrected chi connectivity index (χ2v) is 6.89. The molecule has 0 atom stereocenters. The molecular formula is C23H26FN3O3. The minimum atomic E-state index is -0.324. The predicted molar refractivity (Wildman–Crippen MR) is 113 cm³/mol. The molecule has 0 saturated heterocycles. The smallest absolute Gasteiger partial charge is 0.255 e. The van der Waals surface area contributed by atoms with Crippen molar-refractivity contribution in [2.75, 3.05) is 33.5 Å². The second kappa shape index (κ2) is 10.7. The maximum absolute atomic E-state index is 13.3. The molecule has 0 fully saturated rings. The Bertz CT molecular complexity index is 953. The highest BCUT2D eigenvalue weighted by Gasteiger charge is 2.18. The summed E-state index contributed by atoms with van der Waals surface area (Å²) in [5.74, 6) is -0.536. The van der Waals surface area contributed by atoms with Crippen molar-refractivity contribution in [3.8, 4) is 16.9 Å². The van der Waals surface area contributed by atoms with Crippen molar-refractivity contribution >= 4 is 5.91 Å². The van der Waals surface area contributed by atoms with E-state index >= 15 is 0 Å². The molecule has 158 valence electrons. The number of methoxy groups -OCH3 is 1. The topological polar surface area (TPSA) is 65.4 Å². The van der Waals surface area contributed by atoms with Crippen LogP contribution in [0.5, 0.6) is 0 Å². The van der Waals surface area contributed by atoms with E-state index in [1.54, 1.807) is 30.1 Å². The Morgan fingerprint density at radius 3 is 2.50 bits per heavy atom. The number of aryl methyl sites for hydroxylation is 1. The van der Waals surface area contributed by atoms with Crippen molar-refractivity contribution in [2.24, 2.45) is 0 Å². The van der Waals surface area contributed by atoms with Crippen molar-refractivity contribution in [2.45, 2.75) is 13.3 Å². The average Bonchev–Trinajstić information content (AvgIpc) is 3.19. The first kappa shape index (κ1) is 21.7. The molecule has 0 saturated carbocycles. The van der Waals surface area contributed by atoms with Gasteiger partial charge in [-0.2, -0.15) is 5.10 Å². The molecule has 3 aromatic rings. The van der Waals surface area contributed by atoms with Gasteiger partial charge in [-0.25, -0.2) is 9.07 Å². The van der Waals surface area contributed by atoms with Gasteiger partial charge in [0.1, 0.15) is 11.5 Å². The number of carbonyl (C=O) groups excluding carboxylic acids is 1. The fourth-order valence-corrected chi connectivity index (χ4v) is 2.91. The maximum atomic E-state index is 13.3. The Balaban J connectivity index is 1.76. The Labute approximate surface area is 175 Å². The van der Waals surface area contributed by atoms with Gasteiger partial charge in [-0.15, -0.1) is 0 Å². The standard InChI is InChI=1S/C23H26FN3O3/c1-17-4-6-18(7-5-17)22-21(23(28)25-12-3-13-30-15-14-29-2)16-27(26-22)20-10-8-19(24)9-11-20/h4-11,16H,3,12-15H2,1-2H3,(H,25,28). The zero-order valence-corrected chi connectivity index (χ0v) is 17.2. The van der Waals surface area contributed by atoms with Crippen LogP contribution in [0.15, 0.2) is 54.7 Å². The van der Waals surface area contributed by atoms with Crippen LogP contribution >= 0.6 is 0 Å². The number of rotatable bonds is 10. The molecule has 30 heavy (non-hydrogen) atoms. The fourth-order valence-electron chi connectivity index (χ4n) is 2.91. The van der Waals surface area contributed by atoms with Crippen molar-refractivity contribution in [1.29, 1.82) is 0 Å². The highest BCUT2D eigenvalue weighted by Crippen LogP contribution is 2.24. The van der Waals surface area contributed by atoms with Crippen molar-refractivity contribution in [3.05, 3.63) is 71.7 Å². The van der Waals surface area contributed by atoms with Gasteiger partial charge in [0, 0.05) is 32.0 Å². The van der Waals surface area contributed by atoms with Crippen LogP contribution in [-0.4, -0.2) is 49.2 Å². The highest BCUT2D eigenvalue weighted by molar-refractivity contribution is 5.99. The van der Waals surface area contributed by atoms with E-state index in [1.165, 1.54) is 12.1 Å². The maximum Gasteiger partial charge on any atom is 0.255 e. The Kier molecular flexibility index (Phi) is 7.70. The highest BCUT2D eigenvalue weighted by atomic mass is 19.1. The molecular weight excluding hydrogens is 385 g/mol. The number of carbonyl (C=O) groups is 1. The summed E-state index contributed by atoms with van der Waals surface area (Å²) in [6.45, 7) is 4.12. The molecule has 0 aliphatic heterocycles. The second-order valence-electron chi connectivity index (χ2n) is 6.89. The van der Waals surface area contributed by atoms with Crippen LogP contribution < -0.4 is 5.32 Å². The molecule has 0 radical (unpaired) electrons. The Hall–Kier alpha value is -3.03. The molecule has 0 unspecified atom stereocenters. The molecule has 2 aromatic carbocycles. The molecule has 0 spiro atoms. The van der Waals surface area contributed by atoms with E-state index in [1.807, 2.05) is 31.2 Å². The number of nitrogens with zero attached hydrogens (tertiary/aromatic N) is 2. The van der Waals surface area contributed by atoms with E-state index in [0.29, 0.717) is 49.7 Å². The minimum absolute atomic E-state index is 0.212. The van der Waals surface area contributed by atoms with Gasteiger partial charge in [0.05, 0.1) is 24.5 Å². The van der Waals surface area contributed by atoms with E-state index in [2.05, 4.69) is 10.4 Å². The number of hydrogen-bond acceptors (Lipinski definition) is 4. The van der Waals surface area contributed by atoms with E-state index in [-0.39, 0.29) is 11.7 Å². The third kappa shape index (κ3) is 5.75. The van der Waals surface area contributed by atoms with Crippen molar-refractivity contribution in [3.63, 3.8) is 0 Å². The van der Waals surface area contributed by atoms with Crippen LogP contribution in [0.25, 0.3) is 16.9 Å². The minimum Gasteiger partial charge on any atom is -0.382 e. The Morgan fingerprint density at radius 2 is 1.80 bits per heavy atom.